The van der Waals surface area contributed by atoms with E-state index < -0.39 is 17.6 Å². The van der Waals surface area contributed by atoms with Crippen LogP contribution >= 0.6 is 0 Å². The Labute approximate surface area is 111 Å². The van der Waals surface area contributed by atoms with Crippen molar-refractivity contribution in [3.8, 4) is 0 Å². The second-order valence-corrected chi connectivity index (χ2v) is 4.28. The lowest BCUT2D eigenvalue weighted by Gasteiger charge is -2.29. The zero-order valence-electron chi connectivity index (χ0n) is 10.8. The number of aliphatic carboxylic acids is 1. The van der Waals surface area contributed by atoms with Crippen molar-refractivity contribution in [1.82, 2.24) is 5.32 Å². The fourth-order valence-corrected chi connectivity index (χ4v) is 1.72. The van der Waals surface area contributed by atoms with E-state index in [1.165, 1.54) is 6.08 Å². The van der Waals surface area contributed by atoms with Crippen LogP contribution in [-0.4, -0.2) is 23.8 Å². The molecular weight excluding hydrogens is 246 g/mol. The largest absolute Gasteiger partial charge is 0.481 e. The van der Waals surface area contributed by atoms with Gasteiger partial charge in [-0.2, -0.15) is 0 Å². The van der Waals surface area contributed by atoms with Crippen molar-refractivity contribution in [3.05, 3.63) is 48.6 Å². The van der Waals surface area contributed by atoms with Crippen LogP contribution < -0.4 is 5.32 Å². The summed E-state index contributed by atoms with van der Waals surface area (Å²) in [5, 5.41) is 11.6. The number of carbonyl (C=O) groups is 2. The van der Waals surface area contributed by atoms with Crippen LogP contribution in [0.1, 0.15) is 18.9 Å². The van der Waals surface area contributed by atoms with Gasteiger partial charge in [0.15, 0.2) is 0 Å². The van der Waals surface area contributed by atoms with Gasteiger partial charge in [0.2, 0.25) is 0 Å². The molecule has 0 aliphatic rings. The normalized spacial score (nSPS) is 13.1. The molecule has 0 aromatic heterocycles. The Hall–Kier alpha value is -2.30. The van der Waals surface area contributed by atoms with Crippen molar-refractivity contribution < 1.29 is 19.4 Å². The summed E-state index contributed by atoms with van der Waals surface area (Å²) in [6.45, 7) is 5.15. The highest BCUT2D eigenvalue weighted by molar-refractivity contribution is 5.73. The van der Waals surface area contributed by atoms with Gasteiger partial charge in [-0.25, -0.2) is 4.79 Å². The van der Waals surface area contributed by atoms with Gasteiger partial charge in [-0.3, -0.25) is 4.79 Å². The third kappa shape index (κ3) is 4.46. The van der Waals surface area contributed by atoms with Gasteiger partial charge in [0, 0.05) is 0 Å². The minimum atomic E-state index is -1.02. The van der Waals surface area contributed by atoms with E-state index in [1.54, 1.807) is 31.2 Å². The van der Waals surface area contributed by atoms with Gasteiger partial charge >= 0.3 is 12.1 Å². The molecule has 0 radical (unpaired) electrons. The number of benzene rings is 1. The Morgan fingerprint density at radius 2 is 2.05 bits per heavy atom. The maximum atomic E-state index is 11.6. The van der Waals surface area contributed by atoms with Crippen molar-refractivity contribution in [3.63, 3.8) is 0 Å². The lowest BCUT2D eigenvalue weighted by Crippen LogP contribution is -2.45. The predicted octanol–water partition coefficient (Wildman–Crippen LogP) is 2.29. The summed E-state index contributed by atoms with van der Waals surface area (Å²) < 4.78 is 4.83. The quantitative estimate of drug-likeness (QED) is 0.772. The number of nitrogens with one attached hydrogen (secondary N) is 1. The Kier molecular flexibility index (Phi) is 5.11. The topological polar surface area (TPSA) is 75.6 Å². The van der Waals surface area contributed by atoms with Crippen LogP contribution in [-0.2, 0) is 15.1 Å². The Morgan fingerprint density at radius 3 is 2.58 bits per heavy atom. The summed E-state index contributed by atoms with van der Waals surface area (Å²) in [6.07, 6.45) is 0.532. The van der Waals surface area contributed by atoms with E-state index in [2.05, 4.69) is 11.9 Å². The summed E-state index contributed by atoms with van der Waals surface area (Å²) >= 11 is 0. The molecule has 1 amide bonds. The van der Waals surface area contributed by atoms with E-state index in [-0.39, 0.29) is 13.0 Å². The van der Waals surface area contributed by atoms with Crippen molar-refractivity contribution in [2.45, 2.75) is 18.9 Å². The molecule has 5 nitrogen and oxygen atoms in total. The van der Waals surface area contributed by atoms with E-state index in [9.17, 15) is 9.59 Å². The van der Waals surface area contributed by atoms with Crippen LogP contribution in [0.3, 0.4) is 0 Å². The Bertz CT molecular complexity index is 458. The summed E-state index contributed by atoms with van der Waals surface area (Å²) in [5.74, 6) is -1.00. The average Bonchev–Trinajstić information content (AvgIpc) is 2.36. The molecule has 19 heavy (non-hydrogen) atoms. The van der Waals surface area contributed by atoms with E-state index in [4.69, 9.17) is 9.84 Å². The lowest BCUT2D eigenvalue weighted by molar-refractivity contribution is -0.138. The number of amides is 1. The van der Waals surface area contributed by atoms with Crippen molar-refractivity contribution in [2.75, 3.05) is 6.61 Å². The van der Waals surface area contributed by atoms with E-state index in [0.29, 0.717) is 5.56 Å². The van der Waals surface area contributed by atoms with Gasteiger partial charge in [0.1, 0.15) is 6.61 Å². The molecule has 0 heterocycles. The van der Waals surface area contributed by atoms with Gasteiger partial charge in [-0.15, -0.1) is 0 Å². The first-order valence-corrected chi connectivity index (χ1v) is 5.81. The predicted molar refractivity (Wildman–Crippen MR) is 70.7 cm³/mol. The highest BCUT2D eigenvalue weighted by Crippen LogP contribution is 2.24. The average molecular weight is 263 g/mol. The van der Waals surface area contributed by atoms with Crippen LogP contribution in [0.4, 0.5) is 4.79 Å². The molecule has 102 valence electrons. The molecule has 0 saturated carbocycles. The molecule has 0 aliphatic carbocycles. The SMILES string of the molecule is C=CCOC(=O)NC(C)(CC(=O)O)c1ccccc1. The smallest absolute Gasteiger partial charge is 0.408 e. The lowest BCUT2D eigenvalue weighted by atomic mass is 9.89. The first kappa shape index (κ1) is 14.8. The fraction of sp³-hybridized carbons (Fsp3) is 0.286. The maximum Gasteiger partial charge on any atom is 0.408 e. The zero-order valence-corrected chi connectivity index (χ0v) is 10.8. The Balaban J connectivity index is 2.90. The molecule has 1 rings (SSSR count). The van der Waals surface area contributed by atoms with E-state index >= 15 is 0 Å². The summed E-state index contributed by atoms with van der Waals surface area (Å²) in [6, 6.07) is 8.91. The number of alkyl carbamates (subject to hydrolysis) is 1. The first-order valence-electron chi connectivity index (χ1n) is 5.81. The second kappa shape index (κ2) is 6.58. The van der Waals surface area contributed by atoms with Crippen LogP contribution in [0, 0.1) is 0 Å². The number of ether oxygens (including phenoxy) is 1. The zero-order chi connectivity index (χ0) is 14.3. The molecule has 1 unspecified atom stereocenters. The molecule has 0 spiro atoms. The molecule has 1 atom stereocenters. The number of hydrogen-bond acceptors (Lipinski definition) is 3. The maximum absolute atomic E-state index is 11.6. The highest BCUT2D eigenvalue weighted by atomic mass is 16.5. The Morgan fingerprint density at radius 1 is 1.42 bits per heavy atom. The van der Waals surface area contributed by atoms with Gasteiger partial charge in [0.05, 0.1) is 12.0 Å². The van der Waals surface area contributed by atoms with Gasteiger partial charge < -0.3 is 15.2 Å². The molecular formula is C14H17NO4. The summed E-state index contributed by atoms with van der Waals surface area (Å²) in [7, 11) is 0. The molecule has 5 heteroatoms. The van der Waals surface area contributed by atoms with Crippen molar-refractivity contribution in [1.29, 1.82) is 0 Å². The minimum absolute atomic E-state index is 0.0732. The summed E-state index contributed by atoms with van der Waals surface area (Å²) in [5.41, 5.74) is -0.321. The fourth-order valence-electron chi connectivity index (χ4n) is 1.72. The van der Waals surface area contributed by atoms with E-state index in [1.807, 2.05) is 6.07 Å². The van der Waals surface area contributed by atoms with Crippen LogP contribution in [0.25, 0.3) is 0 Å². The third-order valence-corrected chi connectivity index (χ3v) is 2.63. The monoisotopic (exact) mass is 263 g/mol. The molecule has 1 aromatic rings. The highest BCUT2D eigenvalue weighted by Gasteiger charge is 2.31. The summed E-state index contributed by atoms with van der Waals surface area (Å²) in [4.78, 5) is 22.6. The molecule has 0 aliphatic heterocycles. The van der Waals surface area contributed by atoms with Gasteiger partial charge in [0.25, 0.3) is 0 Å². The van der Waals surface area contributed by atoms with Crippen LogP contribution in [0.15, 0.2) is 43.0 Å². The van der Waals surface area contributed by atoms with Crippen LogP contribution in [0.2, 0.25) is 0 Å². The van der Waals surface area contributed by atoms with Gasteiger partial charge in [-0.05, 0) is 12.5 Å². The van der Waals surface area contributed by atoms with Crippen molar-refractivity contribution >= 4 is 12.1 Å². The molecule has 1 aromatic carbocycles. The van der Waals surface area contributed by atoms with Gasteiger partial charge in [-0.1, -0.05) is 43.0 Å². The number of hydrogen-bond donors (Lipinski definition) is 2. The van der Waals surface area contributed by atoms with Crippen LogP contribution in [0.5, 0.6) is 0 Å². The first-order chi connectivity index (χ1) is 8.98. The molecule has 0 bridgehead atoms. The number of carbonyl (C=O) groups excluding carboxylic acids is 1. The molecule has 0 fully saturated rings. The van der Waals surface area contributed by atoms with E-state index in [0.717, 1.165) is 0 Å². The second-order valence-electron chi connectivity index (χ2n) is 4.28. The molecule has 2 N–H and O–H groups in total. The third-order valence-electron chi connectivity index (χ3n) is 2.63. The standard InChI is InChI=1S/C14H17NO4/c1-3-9-19-13(18)15-14(2,10-12(16)17)11-7-5-4-6-8-11/h3-8H,1,9-10H2,2H3,(H,15,18)(H,16,17). The number of carboxylic acid groups (broad SMARTS) is 1. The number of rotatable bonds is 6. The van der Waals surface area contributed by atoms with Crippen molar-refractivity contribution in [2.24, 2.45) is 0 Å². The number of carboxylic acids is 1. The molecule has 0 saturated heterocycles. The minimum Gasteiger partial charge on any atom is -0.481 e.